The molecule has 0 aliphatic heterocycles. The highest BCUT2D eigenvalue weighted by Crippen LogP contribution is 2.17. The Labute approximate surface area is 163 Å². The van der Waals surface area contributed by atoms with Crippen molar-refractivity contribution in [2.45, 2.75) is 6.04 Å². The minimum atomic E-state index is -0.822. The van der Waals surface area contributed by atoms with E-state index in [0.717, 1.165) is 5.69 Å². The minimum absolute atomic E-state index is 0.0787. The molecule has 0 spiro atoms. The second-order valence-corrected chi connectivity index (χ2v) is 6.35. The van der Waals surface area contributed by atoms with Crippen LogP contribution in [0.2, 0.25) is 0 Å². The number of hydrogen-bond donors (Lipinski definition) is 0. The van der Waals surface area contributed by atoms with Crippen molar-refractivity contribution in [2.24, 2.45) is 4.99 Å². The van der Waals surface area contributed by atoms with Crippen LogP contribution in [0.1, 0.15) is 16.4 Å². The Hall–Kier alpha value is -3.13. The van der Waals surface area contributed by atoms with E-state index in [0.29, 0.717) is 12.1 Å². The first-order chi connectivity index (χ1) is 12.8. The van der Waals surface area contributed by atoms with Gasteiger partial charge < -0.3 is 22.5 Å². The number of ketones is 1. The highest BCUT2D eigenvalue weighted by molar-refractivity contribution is 7.77. The van der Waals surface area contributed by atoms with Gasteiger partial charge in [-0.15, -0.1) is 6.58 Å². The number of aromatic nitrogens is 1. The van der Waals surface area contributed by atoms with Gasteiger partial charge in [0.05, 0.1) is 11.5 Å². The van der Waals surface area contributed by atoms with E-state index in [1.807, 2.05) is 31.1 Å². The monoisotopic (exact) mass is 384 g/mol. The van der Waals surface area contributed by atoms with Crippen molar-refractivity contribution in [3.8, 4) is 0 Å². The first-order valence-corrected chi connectivity index (χ1v) is 8.55. The normalized spacial score (nSPS) is 12.3. The summed E-state index contributed by atoms with van der Waals surface area (Å²) in [5.41, 5.74) is 1.22. The molecule has 0 aliphatic rings. The van der Waals surface area contributed by atoms with Crippen molar-refractivity contribution in [3.05, 3.63) is 77.1 Å². The lowest BCUT2D eigenvalue weighted by molar-refractivity contribution is -0.691. The zero-order valence-corrected chi connectivity index (χ0v) is 15.9. The molecule has 140 valence electrons. The summed E-state index contributed by atoms with van der Waals surface area (Å²) < 4.78 is 1.69. The third-order valence-corrected chi connectivity index (χ3v) is 4.22. The third-order valence-electron chi connectivity index (χ3n) is 3.87. The number of carbonyl (C=O) groups is 1. The summed E-state index contributed by atoms with van der Waals surface area (Å²) in [4.78, 5) is 29.5. The molecule has 0 saturated carbocycles. The second kappa shape index (κ2) is 9.00. The Morgan fingerprint density at radius 1 is 1.30 bits per heavy atom. The van der Waals surface area contributed by atoms with Gasteiger partial charge in [-0.05, 0) is 17.2 Å². The van der Waals surface area contributed by atoms with Gasteiger partial charge in [-0.1, -0.05) is 6.08 Å². The van der Waals surface area contributed by atoms with Gasteiger partial charge in [-0.2, -0.15) is 4.57 Å². The topological polar surface area (TPSA) is 79.7 Å². The van der Waals surface area contributed by atoms with Crippen molar-refractivity contribution in [1.29, 1.82) is 0 Å². The number of anilines is 1. The Bertz CT molecular complexity index is 862. The standard InChI is InChI=1S/C19H20N4O3S/c1-4-11-20-19(27)17(22-12-9-15(10-13-22)21(2)3)18(24)14-5-7-16(8-6-14)23(25)26/h4-10,12-13,17H,1,11H2,2-3H3/t17-/m0/s1. The number of hydrogen-bond acceptors (Lipinski definition) is 6. The van der Waals surface area contributed by atoms with Gasteiger partial charge in [0.25, 0.3) is 5.69 Å². The highest BCUT2D eigenvalue weighted by Gasteiger charge is 2.28. The molecule has 1 heterocycles. The minimum Gasteiger partial charge on any atom is -0.758 e. The molecule has 0 unspecified atom stereocenters. The molecule has 0 saturated heterocycles. The average molecular weight is 384 g/mol. The van der Waals surface area contributed by atoms with Gasteiger partial charge in [0.2, 0.25) is 11.8 Å². The van der Waals surface area contributed by atoms with E-state index in [4.69, 9.17) is 12.6 Å². The molecule has 1 aromatic heterocycles. The van der Waals surface area contributed by atoms with Crippen LogP contribution in [-0.2, 0) is 12.6 Å². The molecule has 0 fully saturated rings. The molecule has 2 aromatic rings. The maximum Gasteiger partial charge on any atom is 0.269 e. The van der Waals surface area contributed by atoms with Crippen LogP contribution >= 0.6 is 0 Å². The lowest BCUT2D eigenvalue weighted by Gasteiger charge is -2.19. The summed E-state index contributed by atoms with van der Waals surface area (Å²) in [5.74, 6) is -0.287. The van der Waals surface area contributed by atoms with Crippen LogP contribution in [0.25, 0.3) is 0 Å². The molecule has 8 heteroatoms. The summed E-state index contributed by atoms with van der Waals surface area (Å²) in [6.45, 7) is 3.92. The van der Waals surface area contributed by atoms with Gasteiger partial charge in [-0.25, -0.2) is 0 Å². The summed E-state index contributed by atoms with van der Waals surface area (Å²) in [5, 5.41) is 11.0. The second-order valence-electron chi connectivity index (χ2n) is 5.94. The van der Waals surface area contributed by atoms with Crippen LogP contribution in [0, 0.1) is 10.1 Å². The van der Waals surface area contributed by atoms with Crippen LogP contribution in [0.15, 0.2) is 66.4 Å². The van der Waals surface area contributed by atoms with Gasteiger partial charge in [0.1, 0.15) is 0 Å². The molecule has 0 radical (unpaired) electrons. The summed E-state index contributed by atoms with van der Waals surface area (Å²) in [7, 11) is 3.84. The number of nitro groups is 1. The summed E-state index contributed by atoms with van der Waals surface area (Å²) >= 11 is 5.38. The van der Waals surface area contributed by atoms with Crippen molar-refractivity contribution in [3.63, 3.8) is 0 Å². The fraction of sp³-hybridized carbons (Fsp3) is 0.211. The first kappa shape index (κ1) is 20.2. The molecule has 0 bridgehead atoms. The summed E-state index contributed by atoms with van der Waals surface area (Å²) in [6, 6.07) is 8.37. The van der Waals surface area contributed by atoms with Crippen molar-refractivity contribution >= 4 is 34.8 Å². The fourth-order valence-electron chi connectivity index (χ4n) is 2.42. The molecule has 2 rings (SSSR count). The van der Waals surface area contributed by atoms with Crippen molar-refractivity contribution in [1.82, 2.24) is 0 Å². The number of aliphatic imine (C=N–C) groups is 1. The maximum atomic E-state index is 13.1. The number of pyridine rings is 1. The van der Waals surface area contributed by atoms with E-state index in [1.165, 1.54) is 24.3 Å². The highest BCUT2D eigenvalue weighted by atomic mass is 32.1. The Kier molecular flexibility index (Phi) is 6.73. The number of benzene rings is 1. The lowest BCUT2D eigenvalue weighted by Crippen LogP contribution is -2.47. The molecule has 7 nitrogen and oxygen atoms in total. The van der Waals surface area contributed by atoms with E-state index in [2.05, 4.69) is 11.6 Å². The summed E-state index contributed by atoms with van der Waals surface area (Å²) in [6.07, 6.45) is 5.12. The SMILES string of the molecule is C=CCN=C([S-])[C@H](C(=O)c1ccc([N+](=O)[O-])cc1)[n+]1ccc(N(C)C)cc1. The average Bonchev–Trinajstić information content (AvgIpc) is 2.66. The van der Waals surface area contributed by atoms with Gasteiger partial charge in [0, 0.05) is 49.6 Å². The molecule has 27 heavy (non-hydrogen) atoms. The van der Waals surface area contributed by atoms with Crippen LogP contribution in [0.3, 0.4) is 0 Å². The van der Waals surface area contributed by atoms with Gasteiger partial charge >= 0.3 is 0 Å². The predicted octanol–water partition coefficient (Wildman–Crippen LogP) is 2.50. The number of nitrogens with zero attached hydrogens (tertiary/aromatic N) is 4. The van der Waals surface area contributed by atoms with Crippen LogP contribution in [0.4, 0.5) is 11.4 Å². The quantitative estimate of drug-likeness (QED) is 0.102. The molecule has 0 amide bonds. The van der Waals surface area contributed by atoms with Gasteiger partial charge in [-0.3, -0.25) is 14.9 Å². The van der Waals surface area contributed by atoms with Crippen molar-refractivity contribution in [2.75, 3.05) is 25.5 Å². The first-order valence-electron chi connectivity index (χ1n) is 8.14. The van der Waals surface area contributed by atoms with Crippen LogP contribution in [0.5, 0.6) is 0 Å². The molecule has 1 aromatic carbocycles. The molecule has 1 atom stereocenters. The molecule has 0 N–H and O–H groups in total. The smallest absolute Gasteiger partial charge is 0.269 e. The van der Waals surface area contributed by atoms with Crippen molar-refractivity contribution < 1.29 is 14.3 Å². The number of carbonyl (C=O) groups excluding carboxylic acids is 1. The van der Waals surface area contributed by atoms with Crippen LogP contribution in [-0.4, -0.2) is 36.4 Å². The number of Topliss-reactive ketones (excluding diaryl/α,β-unsaturated/α-hetero) is 1. The Balaban J connectivity index is 2.43. The fourth-order valence-corrected chi connectivity index (χ4v) is 2.73. The zero-order valence-electron chi connectivity index (χ0n) is 15.1. The molecular formula is C19H20N4O3S. The third kappa shape index (κ3) is 4.95. The number of nitro benzene ring substituents is 1. The van der Waals surface area contributed by atoms with E-state index in [-0.39, 0.29) is 16.5 Å². The van der Waals surface area contributed by atoms with Gasteiger partial charge in [0.15, 0.2) is 12.4 Å². The predicted molar refractivity (Wildman–Crippen MR) is 107 cm³/mol. The number of rotatable bonds is 8. The van der Waals surface area contributed by atoms with E-state index in [1.54, 1.807) is 23.0 Å². The Morgan fingerprint density at radius 3 is 2.37 bits per heavy atom. The molecule has 0 aliphatic carbocycles. The molecular weight excluding hydrogens is 364 g/mol. The Morgan fingerprint density at radius 2 is 1.89 bits per heavy atom. The number of non-ortho nitro benzene ring substituents is 1. The largest absolute Gasteiger partial charge is 0.758 e. The lowest BCUT2D eigenvalue weighted by atomic mass is 10.0. The maximum absolute atomic E-state index is 13.1. The zero-order chi connectivity index (χ0) is 20.0. The van der Waals surface area contributed by atoms with E-state index in [9.17, 15) is 14.9 Å². The van der Waals surface area contributed by atoms with E-state index < -0.39 is 11.0 Å². The van der Waals surface area contributed by atoms with Crippen LogP contribution < -0.4 is 9.47 Å². The van der Waals surface area contributed by atoms with E-state index >= 15 is 0 Å².